The van der Waals surface area contributed by atoms with Crippen molar-refractivity contribution in [3.63, 3.8) is 0 Å². The van der Waals surface area contributed by atoms with Gasteiger partial charge in [-0.1, -0.05) is 13.8 Å². The summed E-state index contributed by atoms with van der Waals surface area (Å²) in [5.41, 5.74) is 0. The normalized spacial score (nSPS) is 23.7. The van der Waals surface area contributed by atoms with E-state index in [4.69, 9.17) is 0 Å². The summed E-state index contributed by atoms with van der Waals surface area (Å²) in [4.78, 5) is 0. The van der Waals surface area contributed by atoms with Crippen LogP contribution in [0.2, 0.25) is 0 Å². The van der Waals surface area contributed by atoms with Gasteiger partial charge in [0.15, 0.2) is 0 Å². The maximum absolute atomic E-state index is 12.3. The van der Waals surface area contributed by atoms with Crippen LogP contribution in [0.5, 0.6) is 0 Å². The Hall–Kier alpha value is -0.180. The summed E-state index contributed by atoms with van der Waals surface area (Å²) < 4.78 is 24.5. The summed E-state index contributed by atoms with van der Waals surface area (Å²) in [7, 11) is 0. The second-order valence-electron chi connectivity index (χ2n) is 3.76. The minimum Gasteiger partial charge on any atom is -0.313 e. The van der Waals surface area contributed by atoms with Gasteiger partial charge in [0.2, 0.25) is 0 Å². The molecule has 68 valence electrons. The Balaban J connectivity index is 0.00000121. The monoisotopic (exact) mass is 165 g/mol. The Morgan fingerprint density at radius 1 is 1.55 bits per heavy atom. The highest BCUT2D eigenvalue weighted by Gasteiger charge is 2.44. The lowest BCUT2D eigenvalue weighted by Gasteiger charge is -2.35. The molecule has 1 rings (SSSR count). The summed E-state index contributed by atoms with van der Waals surface area (Å²) in [6.45, 7) is 4.99. The fourth-order valence-corrected chi connectivity index (χ4v) is 1.21. The summed E-state index contributed by atoms with van der Waals surface area (Å²) in [6.07, 6.45) is 0.0550. The predicted octanol–water partition coefficient (Wildman–Crippen LogP) is 2.28. The second-order valence-corrected chi connectivity index (χ2v) is 3.76. The van der Waals surface area contributed by atoms with Crippen molar-refractivity contribution in [3.05, 3.63) is 0 Å². The van der Waals surface area contributed by atoms with Crippen molar-refractivity contribution in [2.75, 3.05) is 6.54 Å². The van der Waals surface area contributed by atoms with Gasteiger partial charge < -0.3 is 5.32 Å². The zero-order valence-electron chi connectivity index (χ0n) is 7.03. The minimum absolute atomic E-state index is 0. The second kappa shape index (κ2) is 3.05. The van der Waals surface area contributed by atoms with Gasteiger partial charge in [0.05, 0.1) is 0 Å². The van der Waals surface area contributed by atoms with Gasteiger partial charge >= 0.3 is 0 Å². The topological polar surface area (TPSA) is 12.0 Å². The van der Waals surface area contributed by atoms with Crippen molar-refractivity contribution in [2.45, 2.75) is 38.7 Å². The molecule has 0 aromatic carbocycles. The van der Waals surface area contributed by atoms with Crippen LogP contribution in [-0.2, 0) is 0 Å². The van der Waals surface area contributed by atoms with Gasteiger partial charge in [0.25, 0.3) is 5.92 Å². The molecule has 0 spiro atoms. The standard InChI is InChI=1S/C8H15F2N.H2/c1-6(2)5-11-7-3-8(9,10)4-7;/h6-7,11H,3-5H2,1-2H3;1H. The van der Waals surface area contributed by atoms with E-state index in [1.807, 2.05) is 0 Å². The quantitative estimate of drug-likeness (QED) is 0.676. The van der Waals surface area contributed by atoms with Gasteiger partial charge in [-0.25, -0.2) is 8.78 Å². The SMILES string of the molecule is CC(C)CNC1CC(F)(F)C1.[HH]. The molecule has 0 radical (unpaired) electrons. The number of hydrogen-bond acceptors (Lipinski definition) is 1. The van der Waals surface area contributed by atoms with Crippen molar-refractivity contribution in [1.82, 2.24) is 5.32 Å². The first-order valence-corrected chi connectivity index (χ1v) is 4.11. The van der Waals surface area contributed by atoms with Crippen LogP contribution in [0.15, 0.2) is 0 Å². The van der Waals surface area contributed by atoms with Crippen LogP contribution in [0.25, 0.3) is 0 Å². The number of hydrogen-bond donors (Lipinski definition) is 1. The lowest BCUT2D eigenvalue weighted by atomic mass is 9.88. The molecule has 1 aliphatic carbocycles. The van der Waals surface area contributed by atoms with E-state index in [1.54, 1.807) is 0 Å². The van der Waals surface area contributed by atoms with Crippen molar-refractivity contribution >= 4 is 0 Å². The highest BCUT2D eigenvalue weighted by atomic mass is 19.3. The van der Waals surface area contributed by atoms with E-state index in [2.05, 4.69) is 19.2 Å². The lowest BCUT2D eigenvalue weighted by Crippen LogP contribution is -2.49. The van der Waals surface area contributed by atoms with E-state index in [9.17, 15) is 8.78 Å². The highest BCUT2D eigenvalue weighted by molar-refractivity contribution is 4.91. The van der Waals surface area contributed by atoms with E-state index in [1.165, 1.54) is 0 Å². The van der Waals surface area contributed by atoms with Gasteiger partial charge in [-0.3, -0.25) is 0 Å². The third-order valence-corrected chi connectivity index (χ3v) is 1.90. The molecule has 1 fully saturated rings. The summed E-state index contributed by atoms with van der Waals surface area (Å²) in [5, 5.41) is 3.09. The Bertz CT molecular complexity index is 131. The molecule has 1 N–H and O–H groups in total. The fourth-order valence-electron chi connectivity index (χ4n) is 1.21. The van der Waals surface area contributed by atoms with E-state index in [0.717, 1.165) is 6.54 Å². The molecule has 1 nitrogen and oxygen atoms in total. The smallest absolute Gasteiger partial charge is 0.251 e. The molecular weight excluding hydrogens is 148 g/mol. The molecule has 0 aromatic rings. The third kappa shape index (κ3) is 2.73. The maximum atomic E-state index is 12.3. The molecule has 0 amide bonds. The Labute approximate surface area is 67.7 Å². The van der Waals surface area contributed by atoms with Gasteiger partial charge in [-0.2, -0.15) is 0 Å². The molecule has 0 unspecified atom stereocenters. The zero-order valence-corrected chi connectivity index (χ0v) is 7.03. The summed E-state index contributed by atoms with van der Waals surface area (Å²) in [5.74, 6) is -1.83. The summed E-state index contributed by atoms with van der Waals surface area (Å²) in [6, 6.07) is 0.0624. The van der Waals surface area contributed by atoms with Crippen LogP contribution in [-0.4, -0.2) is 18.5 Å². The minimum atomic E-state index is -2.38. The van der Waals surface area contributed by atoms with Gasteiger partial charge in [0, 0.05) is 20.3 Å². The number of nitrogens with one attached hydrogen (secondary N) is 1. The molecule has 3 heteroatoms. The first kappa shape index (κ1) is 8.91. The van der Waals surface area contributed by atoms with Crippen LogP contribution >= 0.6 is 0 Å². The Morgan fingerprint density at radius 2 is 2.09 bits per heavy atom. The van der Waals surface area contributed by atoms with Crippen LogP contribution in [0.1, 0.15) is 28.1 Å². The molecule has 0 bridgehead atoms. The van der Waals surface area contributed by atoms with Gasteiger partial charge in [0.1, 0.15) is 0 Å². The van der Waals surface area contributed by atoms with Gasteiger partial charge in [-0.05, 0) is 12.5 Å². The highest BCUT2D eigenvalue weighted by Crippen LogP contribution is 2.37. The predicted molar refractivity (Wildman–Crippen MR) is 42.9 cm³/mol. The third-order valence-electron chi connectivity index (χ3n) is 1.90. The lowest BCUT2D eigenvalue weighted by molar-refractivity contribution is -0.0929. The zero-order chi connectivity index (χ0) is 8.48. The summed E-state index contributed by atoms with van der Waals surface area (Å²) >= 11 is 0. The van der Waals surface area contributed by atoms with Crippen molar-refractivity contribution in [2.24, 2.45) is 5.92 Å². The van der Waals surface area contributed by atoms with Crippen molar-refractivity contribution in [3.8, 4) is 0 Å². The van der Waals surface area contributed by atoms with Crippen molar-refractivity contribution in [1.29, 1.82) is 0 Å². The fraction of sp³-hybridized carbons (Fsp3) is 1.00. The Morgan fingerprint density at radius 3 is 2.45 bits per heavy atom. The van der Waals surface area contributed by atoms with Crippen LogP contribution < -0.4 is 5.32 Å². The average Bonchev–Trinajstić information content (AvgIpc) is 1.78. The molecule has 0 saturated heterocycles. The molecular formula is C8H17F2N. The number of alkyl halides is 2. The van der Waals surface area contributed by atoms with Crippen LogP contribution in [0.4, 0.5) is 8.78 Å². The molecule has 1 saturated carbocycles. The molecule has 11 heavy (non-hydrogen) atoms. The van der Waals surface area contributed by atoms with Crippen LogP contribution in [0.3, 0.4) is 0 Å². The maximum Gasteiger partial charge on any atom is 0.251 e. The first-order valence-electron chi connectivity index (χ1n) is 4.11. The number of rotatable bonds is 3. The number of halogens is 2. The molecule has 0 aliphatic heterocycles. The van der Waals surface area contributed by atoms with Gasteiger partial charge in [-0.15, -0.1) is 0 Å². The van der Waals surface area contributed by atoms with Crippen molar-refractivity contribution < 1.29 is 10.2 Å². The largest absolute Gasteiger partial charge is 0.313 e. The van der Waals surface area contributed by atoms with E-state index in [0.29, 0.717) is 5.92 Å². The Kier molecular flexibility index (Phi) is 2.47. The first-order chi connectivity index (χ1) is 4.99. The average molecular weight is 165 g/mol. The van der Waals surface area contributed by atoms with E-state index >= 15 is 0 Å². The molecule has 0 atom stereocenters. The molecule has 1 aliphatic rings. The van der Waals surface area contributed by atoms with E-state index < -0.39 is 5.92 Å². The molecule has 0 heterocycles. The molecule has 0 aromatic heterocycles. The van der Waals surface area contributed by atoms with E-state index in [-0.39, 0.29) is 20.3 Å². The van der Waals surface area contributed by atoms with Crippen LogP contribution in [0, 0.1) is 5.92 Å².